The van der Waals surface area contributed by atoms with Crippen molar-refractivity contribution in [2.45, 2.75) is 12.2 Å². The number of hydrogen-bond donors (Lipinski definition) is 0. The maximum absolute atomic E-state index is 3.36. The molecule has 0 heterocycles. The van der Waals surface area contributed by atoms with Crippen LogP contribution in [0.25, 0.3) is 26.0 Å². The zero-order valence-electron chi connectivity index (χ0n) is 18.6. The fourth-order valence-electron chi connectivity index (χ4n) is 3.85. The van der Waals surface area contributed by atoms with Gasteiger partial charge in [-0.25, -0.2) is 0 Å². The molecule has 0 aliphatic carbocycles. The van der Waals surface area contributed by atoms with Crippen LogP contribution in [-0.4, -0.2) is 15.0 Å². The average molecular weight is 488 g/mol. The van der Waals surface area contributed by atoms with Crippen molar-refractivity contribution in [1.82, 2.24) is 0 Å². The third kappa shape index (κ3) is 5.27. The molecule has 0 nitrogen and oxygen atoms in total. The molecule has 0 saturated carbocycles. The molecule has 0 aromatic heterocycles. The third-order valence-corrected chi connectivity index (χ3v) is 8.11. The van der Waals surface area contributed by atoms with E-state index in [0.717, 1.165) is 10.9 Å². The molecule has 0 saturated heterocycles. The summed E-state index contributed by atoms with van der Waals surface area (Å²) in [5.41, 5.74) is 5.01. The molecule has 0 aliphatic rings. The van der Waals surface area contributed by atoms with Crippen molar-refractivity contribution < 1.29 is 0 Å². The summed E-state index contributed by atoms with van der Waals surface area (Å²) in [4.78, 5) is 0. The molecule has 0 amide bonds. The van der Waals surface area contributed by atoms with Crippen LogP contribution >= 0.6 is 0 Å². The van der Waals surface area contributed by atoms with Crippen LogP contribution in [-0.2, 0) is 5.32 Å². The fourth-order valence-corrected chi connectivity index (χ4v) is 5.84. The molecule has 158 valence electrons. The summed E-state index contributed by atoms with van der Waals surface area (Å²) >= 11 is 0.287. The molecule has 5 aromatic carbocycles. The van der Waals surface area contributed by atoms with Crippen molar-refractivity contribution in [3.63, 3.8) is 0 Å². The van der Waals surface area contributed by atoms with Gasteiger partial charge in [0.25, 0.3) is 0 Å². The topological polar surface area (TPSA) is 0 Å². The fraction of sp³-hybridized carbons (Fsp3) is 0.0625. The number of fused-ring (bicyclic) bond motifs is 2. The van der Waals surface area contributed by atoms with Gasteiger partial charge in [0.2, 0.25) is 0 Å². The Morgan fingerprint density at radius 1 is 0.697 bits per heavy atom. The summed E-state index contributed by atoms with van der Waals surface area (Å²) in [5, 5.41) is 6.08. The van der Waals surface area contributed by atoms with Gasteiger partial charge >= 0.3 is 203 Å². The van der Waals surface area contributed by atoms with Gasteiger partial charge in [-0.1, -0.05) is 0 Å². The van der Waals surface area contributed by atoms with Crippen LogP contribution in [0.1, 0.15) is 22.3 Å². The van der Waals surface area contributed by atoms with Crippen LogP contribution in [0.2, 0.25) is 0 Å². The minimum atomic E-state index is 0.287. The monoisotopic (exact) mass is 488 g/mol. The van der Waals surface area contributed by atoms with E-state index in [1.54, 1.807) is 0 Å². The molecule has 5 rings (SSSR count). The zero-order valence-corrected chi connectivity index (χ0v) is 20.3. The van der Waals surface area contributed by atoms with Crippen molar-refractivity contribution in [2.24, 2.45) is 0 Å². The van der Waals surface area contributed by atoms with Crippen molar-refractivity contribution in [1.29, 1.82) is 0 Å². The van der Waals surface area contributed by atoms with E-state index in [0.29, 0.717) is 0 Å². The summed E-state index contributed by atoms with van der Waals surface area (Å²) in [6, 6.07) is 39.0. The van der Waals surface area contributed by atoms with E-state index in [1.165, 1.54) is 42.7 Å². The van der Waals surface area contributed by atoms with Gasteiger partial charge < -0.3 is 0 Å². The Kier molecular flexibility index (Phi) is 6.41. The second-order valence-electron chi connectivity index (χ2n) is 8.18. The molecule has 33 heavy (non-hydrogen) atoms. The quantitative estimate of drug-likeness (QED) is 0.181. The van der Waals surface area contributed by atoms with Gasteiger partial charge in [-0.15, -0.1) is 0 Å². The molecule has 0 unspecified atom stereocenters. The Labute approximate surface area is 202 Å². The first kappa shape index (κ1) is 21.3. The number of benzene rings is 5. The van der Waals surface area contributed by atoms with Crippen LogP contribution in [0.3, 0.4) is 0 Å². The van der Waals surface area contributed by atoms with Crippen LogP contribution in [0.5, 0.6) is 0 Å². The van der Waals surface area contributed by atoms with E-state index in [4.69, 9.17) is 0 Å². The molecule has 1 heteroatoms. The molecule has 0 bridgehead atoms. The molecular formula is C32H24Se. The molecule has 0 atom stereocenters. The standard InChI is InChI=1S/C32H24Se/c1-24-13-15-26(16-14-24)23-33-32(31-20-19-28-9-3-5-11-30(28)22-31)12-6-7-25-17-18-27-8-2-4-10-29(27)21-25/h2-5,8-22H,23H2,1H3/b32-12-. The zero-order chi connectivity index (χ0) is 22.5. The first-order valence-electron chi connectivity index (χ1n) is 11.1. The Bertz CT molecular complexity index is 1510. The van der Waals surface area contributed by atoms with Crippen molar-refractivity contribution in [2.75, 3.05) is 0 Å². The minimum absolute atomic E-state index is 0.287. The van der Waals surface area contributed by atoms with E-state index < -0.39 is 0 Å². The van der Waals surface area contributed by atoms with E-state index in [9.17, 15) is 0 Å². The first-order chi connectivity index (χ1) is 16.2. The van der Waals surface area contributed by atoms with E-state index in [-0.39, 0.29) is 15.0 Å². The average Bonchev–Trinajstić information content (AvgIpc) is 2.86. The second kappa shape index (κ2) is 9.93. The van der Waals surface area contributed by atoms with E-state index in [1.807, 2.05) is 0 Å². The first-order valence-corrected chi connectivity index (χ1v) is 13.2. The number of allylic oxidation sites excluding steroid dienone is 1. The predicted molar refractivity (Wildman–Crippen MR) is 143 cm³/mol. The summed E-state index contributed by atoms with van der Waals surface area (Å²) in [5.74, 6) is 6.73. The Morgan fingerprint density at radius 2 is 1.33 bits per heavy atom. The summed E-state index contributed by atoms with van der Waals surface area (Å²) in [6.07, 6.45) is 2.13. The van der Waals surface area contributed by atoms with Gasteiger partial charge in [-0.05, 0) is 0 Å². The summed E-state index contributed by atoms with van der Waals surface area (Å²) < 4.78 is 1.34. The number of aryl methyl sites for hydroxylation is 1. The van der Waals surface area contributed by atoms with Crippen LogP contribution < -0.4 is 0 Å². The summed E-state index contributed by atoms with van der Waals surface area (Å²) in [7, 11) is 0. The molecule has 0 aliphatic heterocycles. The van der Waals surface area contributed by atoms with Gasteiger partial charge in [-0.3, -0.25) is 0 Å². The number of rotatable bonds is 4. The Hall–Kier alpha value is -3.56. The molecule has 0 radical (unpaired) electrons. The summed E-state index contributed by atoms with van der Waals surface area (Å²) in [6.45, 7) is 2.14. The predicted octanol–water partition coefficient (Wildman–Crippen LogP) is 7.60. The molecule has 0 spiro atoms. The van der Waals surface area contributed by atoms with E-state index in [2.05, 4.69) is 134 Å². The second-order valence-corrected chi connectivity index (χ2v) is 10.3. The van der Waals surface area contributed by atoms with Gasteiger partial charge in [0.05, 0.1) is 0 Å². The van der Waals surface area contributed by atoms with Crippen LogP contribution in [0.4, 0.5) is 0 Å². The van der Waals surface area contributed by atoms with Crippen LogP contribution in [0.15, 0.2) is 115 Å². The normalized spacial score (nSPS) is 11.4. The maximum atomic E-state index is 3.36. The van der Waals surface area contributed by atoms with Crippen molar-refractivity contribution in [3.8, 4) is 11.8 Å². The Balaban J connectivity index is 1.47. The number of hydrogen-bond acceptors (Lipinski definition) is 0. The van der Waals surface area contributed by atoms with Gasteiger partial charge in [0, 0.05) is 0 Å². The SMILES string of the molecule is Cc1ccc(C[Se]/C(=C\C#Cc2ccc3ccccc3c2)c2ccc3ccccc3c2)cc1. The Morgan fingerprint density at radius 3 is 2.06 bits per heavy atom. The van der Waals surface area contributed by atoms with Gasteiger partial charge in [-0.2, -0.15) is 0 Å². The van der Waals surface area contributed by atoms with Crippen molar-refractivity contribution >= 4 is 41.0 Å². The molecule has 5 aromatic rings. The van der Waals surface area contributed by atoms with Gasteiger partial charge in [0.15, 0.2) is 0 Å². The van der Waals surface area contributed by atoms with Crippen molar-refractivity contribution in [3.05, 3.63) is 138 Å². The van der Waals surface area contributed by atoms with Crippen LogP contribution in [0, 0.1) is 18.8 Å². The molecule has 0 fully saturated rings. The van der Waals surface area contributed by atoms with E-state index >= 15 is 0 Å². The van der Waals surface area contributed by atoms with Gasteiger partial charge in [0.1, 0.15) is 0 Å². The third-order valence-electron chi connectivity index (χ3n) is 5.72. The molecule has 0 N–H and O–H groups in total. The molecular weight excluding hydrogens is 463 g/mol.